The van der Waals surface area contributed by atoms with E-state index in [1.165, 1.54) is 30.3 Å². The number of phenols is 1. The largest absolute Gasteiger partial charge is 0.504 e. The third kappa shape index (κ3) is 3.74. The second kappa shape index (κ2) is 6.29. The van der Waals surface area contributed by atoms with Crippen LogP contribution in [0.1, 0.15) is 5.56 Å². The molecule has 2 rings (SSSR count). The Kier molecular flexibility index (Phi) is 4.45. The molecule has 0 amide bonds. The van der Waals surface area contributed by atoms with E-state index in [-0.39, 0.29) is 28.8 Å². The smallest absolute Gasteiger partial charge is 0.181 e. The molecule has 0 saturated carbocycles. The van der Waals surface area contributed by atoms with Crippen molar-refractivity contribution < 1.29 is 18.3 Å². The number of benzene rings is 2. The maximum absolute atomic E-state index is 12.1. The van der Waals surface area contributed by atoms with Crippen LogP contribution in [0.5, 0.6) is 11.5 Å². The lowest BCUT2D eigenvalue weighted by molar-refractivity contribution is 0.319. The molecule has 0 saturated heterocycles. The Hall–Kier alpha value is -2.52. The molecule has 0 fully saturated rings. The van der Waals surface area contributed by atoms with Gasteiger partial charge in [-0.05, 0) is 36.4 Å². The average Bonchev–Trinajstić information content (AvgIpc) is 2.49. The molecular weight excluding hydrogens is 290 g/mol. The monoisotopic (exact) mass is 303 g/mol. The average molecular weight is 303 g/mol. The highest BCUT2D eigenvalue weighted by molar-refractivity contribution is 7.91. The molecule has 0 spiro atoms. The molecule has 6 heteroatoms. The van der Waals surface area contributed by atoms with E-state index in [9.17, 15) is 13.5 Å². The zero-order valence-corrected chi connectivity index (χ0v) is 11.9. The Balaban J connectivity index is 2.01. The number of aromatic hydroxyl groups is 1. The van der Waals surface area contributed by atoms with Crippen LogP contribution in [0, 0.1) is 11.3 Å². The lowest BCUT2D eigenvalue weighted by Gasteiger charge is -2.08. The van der Waals surface area contributed by atoms with E-state index in [4.69, 9.17) is 10.00 Å². The van der Waals surface area contributed by atoms with E-state index in [1.807, 2.05) is 6.07 Å². The van der Waals surface area contributed by atoms with Gasteiger partial charge < -0.3 is 9.84 Å². The number of hydrogen-bond acceptors (Lipinski definition) is 5. The van der Waals surface area contributed by atoms with E-state index in [1.54, 1.807) is 18.2 Å². The molecule has 0 heterocycles. The lowest BCUT2D eigenvalue weighted by Crippen LogP contribution is -2.14. The second-order valence-electron chi connectivity index (χ2n) is 4.27. The van der Waals surface area contributed by atoms with Crippen molar-refractivity contribution in [1.82, 2.24) is 0 Å². The molecule has 5 nitrogen and oxygen atoms in total. The predicted molar refractivity (Wildman–Crippen MR) is 76.8 cm³/mol. The fourth-order valence-corrected chi connectivity index (χ4v) is 2.78. The standard InChI is InChI=1S/C15H13NO4S/c16-11-12-5-7-13(8-6-12)21(18,19)10-9-20-15-4-2-1-3-14(15)17/h1-8,17H,9-10H2. The van der Waals surface area contributed by atoms with Crippen LogP contribution in [-0.2, 0) is 9.84 Å². The molecule has 2 aromatic rings. The second-order valence-corrected chi connectivity index (χ2v) is 6.38. The Labute approximate surface area is 123 Å². The highest BCUT2D eigenvalue weighted by Gasteiger charge is 2.15. The van der Waals surface area contributed by atoms with Crippen LogP contribution in [0.2, 0.25) is 0 Å². The van der Waals surface area contributed by atoms with Gasteiger partial charge in [-0.2, -0.15) is 5.26 Å². The normalized spacial score (nSPS) is 10.8. The third-order valence-electron chi connectivity index (χ3n) is 2.82. The number of rotatable bonds is 5. The van der Waals surface area contributed by atoms with Crippen LogP contribution in [-0.4, -0.2) is 25.9 Å². The van der Waals surface area contributed by atoms with E-state index in [0.29, 0.717) is 5.56 Å². The van der Waals surface area contributed by atoms with Crippen LogP contribution in [0.25, 0.3) is 0 Å². The number of hydrogen-bond donors (Lipinski definition) is 1. The zero-order valence-electron chi connectivity index (χ0n) is 11.1. The number of ether oxygens (including phenoxy) is 1. The summed E-state index contributed by atoms with van der Waals surface area (Å²) < 4.78 is 29.4. The summed E-state index contributed by atoms with van der Waals surface area (Å²) in [7, 11) is -3.48. The van der Waals surface area contributed by atoms with Crippen LogP contribution < -0.4 is 4.74 Å². The van der Waals surface area contributed by atoms with Gasteiger partial charge in [-0.1, -0.05) is 12.1 Å². The Morgan fingerprint density at radius 3 is 2.38 bits per heavy atom. The van der Waals surface area contributed by atoms with Crippen LogP contribution in [0.15, 0.2) is 53.4 Å². The molecule has 1 N–H and O–H groups in total. The number of nitriles is 1. The minimum absolute atomic E-state index is 0.0340. The minimum Gasteiger partial charge on any atom is -0.504 e. The first kappa shape index (κ1) is 14.9. The van der Waals surface area contributed by atoms with Gasteiger partial charge in [-0.25, -0.2) is 8.42 Å². The predicted octanol–water partition coefficient (Wildman–Crippen LogP) is 2.12. The number of phenolic OH excluding ortho intramolecular Hbond substituents is 1. The molecule has 2 aromatic carbocycles. The van der Waals surface area contributed by atoms with Gasteiger partial charge >= 0.3 is 0 Å². The lowest BCUT2D eigenvalue weighted by atomic mass is 10.2. The maximum Gasteiger partial charge on any atom is 0.181 e. The van der Waals surface area contributed by atoms with Crippen molar-refractivity contribution in [2.75, 3.05) is 12.4 Å². The SMILES string of the molecule is N#Cc1ccc(S(=O)(=O)CCOc2ccccc2O)cc1. The quantitative estimate of drug-likeness (QED) is 0.914. The molecule has 0 atom stereocenters. The van der Waals surface area contributed by atoms with Crippen molar-refractivity contribution in [3.05, 3.63) is 54.1 Å². The number of sulfone groups is 1. The Morgan fingerprint density at radius 2 is 1.76 bits per heavy atom. The molecule has 0 aliphatic heterocycles. The van der Waals surface area contributed by atoms with Gasteiger partial charge in [0, 0.05) is 0 Å². The van der Waals surface area contributed by atoms with Gasteiger partial charge in [0.25, 0.3) is 0 Å². The van der Waals surface area contributed by atoms with Crippen LogP contribution in [0.3, 0.4) is 0 Å². The Bertz CT molecular complexity index is 761. The summed E-state index contributed by atoms with van der Waals surface area (Å²) in [6, 6.07) is 14.0. The molecule has 0 aliphatic rings. The first-order valence-electron chi connectivity index (χ1n) is 6.16. The fraction of sp³-hybridized carbons (Fsp3) is 0.133. The minimum atomic E-state index is -3.48. The molecule has 108 valence electrons. The van der Waals surface area contributed by atoms with E-state index >= 15 is 0 Å². The van der Waals surface area contributed by atoms with Gasteiger partial charge in [0.15, 0.2) is 21.3 Å². The number of nitrogens with zero attached hydrogens (tertiary/aromatic N) is 1. The van der Waals surface area contributed by atoms with Crippen molar-refractivity contribution in [2.45, 2.75) is 4.90 Å². The van der Waals surface area contributed by atoms with Gasteiger partial charge in [0.05, 0.1) is 22.3 Å². The summed E-state index contributed by atoms with van der Waals surface area (Å²) in [5.41, 5.74) is 0.402. The van der Waals surface area contributed by atoms with Crippen molar-refractivity contribution in [1.29, 1.82) is 5.26 Å². The first-order chi connectivity index (χ1) is 10.0. The van der Waals surface area contributed by atoms with Gasteiger partial charge in [0.2, 0.25) is 0 Å². The van der Waals surface area contributed by atoms with Crippen molar-refractivity contribution in [3.8, 4) is 17.6 Å². The van der Waals surface area contributed by atoms with E-state index in [2.05, 4.69) is 0 Å². The maximum atomic E-state index is 12.1. The Morgan fingerprint density at radius 1 is 1.10 bits per heavy atom. The number of para-hydroxylation sites is 2. The van der Waals surface area contributed by atoms with Crippen molar-refractivity contribution >= 4 is 9.84 Å². The van der Waals surface area contributed by atoms with Gasteiger partial charge in [-0.15, -0.1) is 0 Å². The van der Waals surface area contributed by atoms with E-state index in [0.717, 1.165) is 0 Å². The molecule has 21 heavy (non-hydrogen) atoms. The fourth-order valence-electron chi connectivity index (χ4n) is 1.70. The molecule has 0 unspecified atom stereocenters. The molecule has 0 radical (unpaired) electrons. The highest BCUT2D eigenvalue weighted by Crippen LogP contribution is 2.24. The zero-order chi connectivity index (χ0) is 15.3. The third-order valence-corrected chi connectivity index (χ3v) is 4.51. The van der Waals surface area contributed by atoms with Gasteiger partial charge in [0.1, 0.15) is 6.61 Å². The summed E-state index contributed by atoms with van der Waals surface area (Å²) in [6.45, 7) is -0.0695. The summed E-state index contributed by atoms with van der Waals surface area (Å²) in [6.07, 6.45) is 0. The van der Waals surface area contributed by atoms with Gasteiger partial charge in [-0.3, -0.25) is 0 Å². The van der Waals surface area contributed by atoms with Crippen molar-refractivity contribution in [3.63, 3.8) is 0 Å². The first-order valence-corrected chi connectivity index (χ1v) is 7.82. The topological polar surface area (TPSA) is 87.4 Å². The summed E-state index contributed by atoms with van der Waals surface area (Å²) in [5.74, 6) is -0.00597. The summed E-state index contributed by atoms with van der Waals surface area (Å²) in [4.78, 5) is 0.141. The molecule has 0 aliphatic carbocycles. The van der Waals surface area contributed by atoms with Crippen LogP contribution in [0.4, 0.5) is 0 Å². The molecule has 0 bridgehead atoms. The molecule has 0 aromatic heterocycles. The van der Waals surface area contributed by atoms with Crippen molar-refractivity contribution in [2.24, 2.45) is 0 Å². The van der Waals surface area contributed by atoms with Crippen LogP contribution >= 0.6 is 0 Å². The van der Waals surface area contributed by atoms with E-state index < -0.39 is 9.84 Å². The molecular formula is C15H13NO4S. The summed E-state index contributed by atoms with van der Waals surface area (Å²) >= 11 is 0. The highest BCUT2D eigenvalue weighted by atomic mass is 32.2. The summed E-state index contributed by atoms with van der Waals surface area (Å²) in [5, 5.41) is 18.2.